The number of hydrogen-bond donors (Lipinski definition) is 1. The second-order valence-electron chi connectivity index (χ2n) is 2.02. The molecule has 2 aromatic rings. The third kappa shape index (κ3) is 0.769. The fraction of sp³-hybridized carbons (Fsp3) is 0. The number of benzene rings is 1. The number of aromatic nitrogens is 3. The highest BCUT2D eigenvalue weighted by Gasteiger charge is 2.04. The summed E-state index contributed by atoms with van der Waals surface area (Å²) in [4.78, 5) is 0. The van der Waals surface area contributed by atoms with E-state index in [4.69, 9.17) is 0 Å². The first-order valence-electron chi connectivity index (χ1n) is 2.92. The van der Waals surface area contributed by atoms with Crippen LogP contribution < -0.4 is 5.10 Å². The van der Waals surface area contributed by atoms with E-state index >= 15 is 0 Å². The van der Waals surface area contributed by atoms with E-state index in [1.165, 1.54) is 4.20 Å². The Labute approximate surface area is 63.2 Å². The van der Waals surface area contributed by atoms with Crippen LogP contribution in [0.1, 0.15) is 0 Å². The van der Waals surface area contributed by atoms with Crippen LogP contribution in [0, 0.1) is 0 Å². The van der Waals surface area contributed by atoms with Gasteiger partial charge in [0, 0.05) is 17.0 Å². The molecule has 0 aliphatic rings. The maximum atomic E-state index is 4.04. The average Bonchev–Trinajstić information content (AvgIpc) is 2.27. The molecule has 0 atom stereocenters. The normalized spacial score (nSPS) is 10.5. The molecule has 0 aliphatic carbocycles. The summed E-state index contributed by atoms with van der Waals surface area (Å²) in [5.74, 6) is 0. The Morgan fingerprint density at radius 3 is 3.00 bits per heavy atom. The maximum absolute atomic E-state index is 4.04. The number of nitrogens with one attached hydrogen (secondary N) is 1. The lowest BCUT2D eigenvalue weighted by Gasteiger charge is -1.72. The lowest BCUT2D eigenvalue weighted by Crippen LogP contribution is -2.09. The Balaban J connectivity index is 2.88. The third-order valence-corrected chi connectivity index (χ3v) is 1.52. The van der Waals surface area contributed by atoms with E-state index < -0.39 is 0 Å². The van der Waals surface area contributed by atoms with Gasteiger partial charge in [-0.15, -0.1) is 0 Å². The van der Waals surface area contributed by atoms with Gasteiger partial charge in [-0.1, -0.05) is 12.1 Å². The Morgan fingerprint density at radius 2 is 2.20 bits per heavy atom. The molecule has 1 heterocycles. The van der Waals surface area contributed by atoms with Gasteiger partial charge in [0.1, 0.15) is 0 Å². The predicted molar refractivity (Wildman–Crippen MR) is 40.7 cm³/mol. The first-order valence-corrected chi connectivity index (χ1v) is 3.32. The molecule has 0 spiro atoms. The molecule has 1 N–H and O–H groups in total. The van der Waals surface area contributed by atoms with Crippen LogP contribution in [-0.2, 0) is 0 Å². The lowest BCUT2D eigenvalue weighted by molar-refractivity contribution is -0.440. The molecule has 0 saturated carbocycles. The molecule has 0 amide bonds. The van der Waals surface area contributed by atoms with Gasteiger partial charge >= 0.3 is 0 Å². The molecule has 3 nitrogen and oxygen atoms in total. The monoisotopic (exact) mass is 152 g/mol. The van der Waals surface area contributed by atoms with Gasteiger partial charge < -0.3 is 0 Å². The highest BCUT2D eigenvalue weighted by Crippen LogP contribution is 2.02. The Hall–Kier alpha value is -1.03. The fourth-order valence-electron chi connectivity index (χ4n) is 0.890. The number of aromatic amines is 1. The Bertz CT molecular complexity index is 322. The zero-order chi connectivity index (χ0) is 6.97. The smallest absolute Gasteiger partial charge is 0.155 e. The summed E-state index contributed by atoms with van der Waals surface area (Å²) >= 11 is 3.99. The van der Waals surface area contributed by atoms with E-state index in [9.17, 15) is 0 Å². The molecule has 0 fully saturated rings. The van der Waals surface area contributed by atoms with Crippen molar-refractivity contribution in [2.45, 2.75) is 0 Å². The van der Waals surface area contributed by atoms with Gasteiger partial charge in [-0.25, -0.2) is 0 Å². The topological polar surface area (TPSA) is 32.0 Å². The van der Waals surface area contributed by atoms with Crippen LogP contribution in [-0.4, -0.2) is 9.30 Å². The van der Waals surface area contributed by atoms with Crippen molar-refractivity contribution in [3.8, 4) is 0 Å². The van der Waals surface area contributed by atoms with Crippen LogP contribution in [0.25, 0.3) is 11.0 Å². The molecular formula is C6H6N3S+. The first kappa shape index (κ1) is 5.73. The minimum absolute atomic E-state index is 0.928. The number of hydrogen-bond acceptors (Lipinski definition) is 2. The Morgan fingerprint density at radius 1 is 1.40 bits per heavy atom. The number of H-pyrrole nitrogens is 1. The largest absolute Gasteiger partial charge is 0.250 e. The SMILES string of the molecule is Sn1nc2ccccc2[nH+]1. The van der Waals surface area contributed by atoms with Crippen LogP contribution in [0.2, 0.25) is 0 Å². The molecule has 1 aromatic carbocycles. The van der Waals surface area contributed by atoms with E-state index in [1.54, 1.807) is 0 Å². The van der Waals surface area contributed by atoms with E-state index in [0.29, 0.717) is 0 Å². The van der Waals surface area contributed by atoms with Gasteiger partial charge in [-0.2, -0.15) is 5.10 Å². The summed E-state index contributed by atoms with van der Waals surface area (Å²) in [6, 6.07) is 7.78. The van der Waals surface area contributed by atoms with Gasteiger partial charge in [-0.3, -0.25) is 0 Å². The molecule has 0 radical (unpaired) electrons. The summed E-state index contributed by atoms with van der Waals surface area (Å²) in [5.41, 5.74) is 1.93. The zero-order valence-electron chi connectivity index (χ0n) is 5.15. The molecule has 0 bridgehead atoms. The summed E-state index contributed by atoms with van der Waals surface area (Å²) in [6.45, 7) is 0. The van der Waals surface area contributed by atoms with Crippen LogP contribution in [0.4, 0.5) is 0 Å². The molecule has 1 aromatic heterocycles. The average molecular weight is 152 g/mol. The van der Waals surface area contributed by atoms with Crippen LogP contribution >= 0.6 is 12.8 Å². The highest BCUT2D eigenvalue weighted by molar-refractivity contribution is 7.78. The minimum Gasteiger partial charge on any atom is -0.155 e. The molecule has 2 rings (SSSR count). The summed E-state index contributed by atoms with van der Waals surface area (Å²) in [7, 11) is 0. The van der Waals surface area contributed by atoms with Crippen LogP contribution in [0.15, 0.2) is 24.3 Å². The van der Waals surface area contributed by atoms with E-state index in [0.717, 1.165) is 11.0 Å². The molecule has 50 valence electrons. The Kier molecular flexibility index (Phi) is 1.14. The van der Waals surface area contributed by atoms with Crippen molar-refractivity contribution in [3.63, 3.8) is 0 Å². The van der Waals surface area contributed by atoms with Crippen molar-refractivity contribution >= 4 is 23.8 Å². The summed E-state index contributed by atoms with van der Waals surface area (Å²) < 4.78 is 1.39. The third-order valence-electron chi connectivity index (χ3n) is 1.33. The number of fused-ring (bicyclic) bond motifs is 1. The number of nitrogens with zero attached hydrogens (tertiary/aromatic N) is 2. The fourth-order valence-corrected chi connectivity index (χ4v) is 1.09. The van der Waals surface area contributed by atoms with Crippen molar-refractivity contribution in [1.82, 2.24) is 9.30 Å². The quantitative estimate of drug-likeness (QED) is 0.549. The van der Waals surface area contributed by atoms with Crippen molar-refractivity contribution in [1.29, 1.82) is 0 Å². The number of rotatable bonds is 0. The van der Waals surface area contributed by atoms with Crippen molar-refractivity contribution in [2.75, 3.05) is 0 Å². The van der Waals surface area contributed by atoms with Gasteiger partial charge in [-0.05, 0) is 12.1 Å². The van der Waals surface area contributed by atoms with Crippen molar-refractivity contribution in [3.05, 3.63) is 24.3 Å². The van der Waals surface area contributed by atoms with E-state index in [2.05, 4.69) is 23.0 Å². The molecule has 4 heteroatoms. The standard InChI is InChI=1S/C6H5N3S/c10-9-7-5-3-1-2-4-6(5)8-9/h1-4,10H/p+1. The zero-order valence-corrected chi connectivity index (χ0v) is 6.05. The van der Waals surface area contributed by atoms with Gasteiger partial charge in [0.05, 0.1) is 5.10 Å². The maximum Gasteiger partial charge on any atom is 0.250 e. The molecule has 0 unspecified atom stereocenters. The van der Waals surface area contributed by atoms with E-state index in [-0.39, 0.29) is 0 Å². The molecular weight excluding hydrogens is 146 g/mol. The second kappa shape index (κ2) is 1.98. The first-order chi connectivity index (χ1) is 4.86. The highest BCUT2D eigenvalue weighted by atomic mass is 32.1. The van der Waals surface area contributed by atoms with Crippen LogP contribution in [0.3, 0.4) is 0 Å². The van der Waals surface area contributed by atoms with Gasteiger partial charge in [0.25, 0.3) is 0 Å². The van der Waals surface area contributed by atoms with Crippen LogP contribution in [0.5, 0.6) is 0 Å². The molecule has 0 aliphatic heterocycles. The summed E-state index contributed by atoms with van der Waals surface area (Å²) in [6.07, 6.45) is 0. The molecule has 10 heavy (non-hydrogen) atoms. The predicted octanol–water partition coefficient (Wildman–Crippen LogP) is 0.543. The number of thiol groups is 1. The van der Waals surface area contributed by atoms with E-state index in [1.807, 2.05) is 24.3 Å². The van der Waals surface area contributed by atoms with Gasteiger partial charge in [0.15, 0.2) is 5.52 Å². The second-order valence-corrected chi connectivity index (χ2v) is 2.40. The lowest BCUT2D eigenvalue weighted by atomic mass is 10.3. The molecule has 0 saturated heterocycles. The van der Waals surface area contributed by atoms with Crippen molar-refractivity contribution < 1.29 is 5.10 Å². The van der Waals surface area contributed by atoms with Gasteiger partial charge in [0.2, 0.25) is 5.52 Å². The van der Waals surface area contributed by atoms with Crippen molar-refractivity contribution in [2.24, 2.45) is 0 Å². The minimum atomic E-state index is 0.928. The number of para-hydroxylation sites is 1. The summed E-state index contributed by atoms with van der Waals surface area (Å²) in [5, 5.41) is 6.97.